The molecule has 1 fully saturated rings. The second-order valence-corrected chi connectivity index (χ2v) is 4.63. The molecule has 2 atom stereocenters. The fourth-order valence-electron chi connectivity index (χ4n) is 1.70. The van der Waals surface area contributed by atoms with Crippen LogP contribution in [0.4, 0.5) is 0 Å². The molecule has 0 radical (unpaired) electrons. The lowest BCUT2D eigenvalue weighted by molar-refractivity contribution is 0.0354. The molecule has 0 bridgehead atoms. The average Bonchev–Trinajstić information content (AvgIpc) is 2.04. The first kappa shape index (κ1) is 7.47. The van der Waals surface area contributed by atoms with E-state index in [0.29, 0.717) is 11.4 Å². The Morgan fingerprint density at radius 3 is 3.18 bits per heavy atom. The van der Waals surface area contributed by atoms with E-state index in [1.807, 2.05) is 18.7 Å². The minimum absolute atomic E-state index is 0.414. The lowest BCUT2D eigenvalue weighted by Gasteiger charge is -2.31. The number of thioether (sulfide) groups is 1. The van der Waals surface area contributed by atoms with E-state index in [1.54, 1.807) is 0 Å². The summed E-state index contributed by atoms with van der Waals surface area (Å²) in [7, 11) is 0. The van der Waals surface area contributed by atoms with Crippen molar-refractivity contribution < 1.29 is 4.84 Å². The van der Waals surface area contributed by atoms with E-state index < -0.39 is 0 Å². The van der Waals surface area contributed by atoms with Crippen LogP contribution >= 0.6 is 11.8 Å². The topological polar surface area (TPSA) is 21.6 Å². The number of hydrogen-bond donors (Lipinski definition) is 0. The number of hydrogen-bond acceptors (Lipinski definition) is 3. The van der Waals surface area contributed by atoms with Gasteiger partial charge in [0.1, 0.15) is 11.1 Å². The normalized spacial score (nSPS) is 37.0. The highest BCUT2D eigenvalue weighted by Crippen LogP contribution is 2.34. The van der Waals surface area contributed by atoms with Crippen molar-refractivity contribution >= 4 is 16.8 Å². The monoisotopic (exact) mass is 171 g/mol. The molecule has 2 rings (SSSR count). The van der Waals surface area contributed by atoms with Crippen molar-refractivity contribution in [2.24, 2.45) is 5.16 Å². The molecule has 1 aliphatic heterocycles. The van der Waals surface area contributed by atoms with Gasteiger partial charge in [-0.3, -0.25) is 0 Å². The molecule has 2 unspecified atom stereocenters. The smallest absolute Gasteiger partial charge is 0.139 e. The van der Waals surface area contributed by atoms with Crippen LogP contribution in [0.2, 0.25) is 0 Å². The summed E-state index contributed by atoms with van der Waals surface area (Å²) in [5.74, 6) is 0. The molecule has 62 valence electrons. The van der Waals surface area contributed by atoms with E-state index in [1.165, 1.54) is 25.7 Å². The zero-order valence-corrected chi connectivity index (χ0v) is 7.56. The van der Waals surface area contributed by atoms with Gasteiger partial charge in [-0.1, -0.05) is 11.6 Å². The van der Waals surface area contributed by atoms with Gasteiger partial charge in [0.05, 0.1) is 5.25 Å². The average molecular weight is 171 g/mol. The van der Waals surface area contributed by atoms with Crippen LogP contribution in [0.25, 0.3) is 0 Å². The van der Waals surface area contributed by atoms with Crippen molar-refractivity contribution in [2.45, 2.75) is 44.0 Å². The maximum atomic E-state index is 5.36. The van der Waals surface area contributed by atoms with Gasteiger partial charge in [-0.05, 0) is 26.2 Å². The predicted octanol–water partition coefficient (Wildman–Crippen LogP) is 2.39. The third-order valence-corrected chi connectivity index (χ3v) is 3.54. The molecule has 0 aromatic carbocycles. The summed E-state index contributed by atoms with van der Waals surface area (Å²) in [5, 5.41) is 5.78. The minimum Gasteiger partial charge on any atom is -0.391 e. The molecule has 0 aromatic rings. The molecule has 11 heavy (non-hydrogen) atoms. The van der Waals surface area contributed by atoms with E-state index in [-0.39, 0.29) is 0 Å². The zero-order valence-electron chi connectivity index (χ0n) is 6.75. The summed E-state index contributed by atoms with van der Waals surface area (Å²) in [5.41, 5.74) is 0. The molecule has 2 aliphatic rings. The molecule has 0 spiro atoms. The Morgan fingerprint density at radius 2 is 2.27 bits per heavy atom. The Hall–Kier alpha value is -0.180. The van der Waals surface area contributed by atoms with Crippen LogP contribution < -0.4 is 0 Å². The summed E-state index contributed by atoms with van der Waals surface area (Å²) < 4.78 is 0. The van der Waals surface area contributed by atoms with E-state index in [0.717, 1.165) is 5.04 Å². The van der Waals surface area contributed by atoms with Gasteiger partial charge >= 0.3 is 0 Å². The highest BCUT2D eigenvalue weighted by molar-refractivity contribution is 8.14. The lowest BCUT2D eigenvalue weighted by atomic mass is 9.97. The molecule has 3 heteroatoms. The third kappa shape index (κ3) is 1.53. The Labute approximate surface area is 71.4 Å². The zero-order chi connectivity index (χ0) is 7.68. The Kier molecular flexibility index (Phi) is 2.07. The van der Waals surface area contributed by atoms with Gasteiger partial charge in [-0.25, -0.2) is 0 Å². The molecule has 2 nitrogen and oxygen atoms in total. The van der Waals surface area contributed by atoms with Crippen LogP contribution in [0.3, 0.4) is 0 Å². The fraction of sp³-hybridized carbons (Fsp3) is 0.875. The van der Waals surface area contributed by atoms with Gasteiger partial charge < -0.3 is 4.84 Å². The van der Waals surface area contributed by atoms with Crippen LogP contribution in [-0.2, 0) is 4.84 Å². The molecule has 1 saturated carbocycles. The van der Waals surface area contributed by atoms with Gasteiger partial charge in [-0.15, -0.1) is 11.8 Å². The second kappa shape index (κ2) is 3.05. The maximum absolute atomic E-state index is 5.36. The number of oxime groups is 1. The third-order valence-electron chi connectivity index (χ3n) is 2.28. The quantitative estimate of drug-likeness (QED) is 0.558. The Bertz CT molecular complexity index is 181. The van der Waals surface area contributed by atoms with Crippen molar-refractivity contribution in [3.63, 3.8) is 0 Å². The fourth-order valence-corrected chi connectivity index (χ4v) is 2.85. The molecule has 1 aliphatic carbocycles. The first-order valence-electron chi connectivity index (χ1n) is 4.23. The number of fused-ring (bicyclic) bond motifs is 1. The van der Waals surface area contributed by atoms with Crippen molar-refractivity contribution in [1.29, 1.82) is 0 Å². The standard InChI is InChI=1S/C8H13NOS/c1-6-9-10-7-4-2-3-5-8(7)11-6/h7-8H,2-5H2,1H3. The second-order valence-electron chi connectivity index (χ2n) is 3.19. The summed E-state index contributed by atoms with van der Waals surface area (Å²) in [4.78, 5) is 5.36. The molecule has 0 N–H and O–H groups in total. The van der Waals surface area contributed by atoms with Crippen molar-refractivity contribution in [3.05, 3.63) is 0 Å². The highest BCUT2D eigenvalue weighted by Gasteiger charge is 2.30. The van der Waals surface area contributed by atoms with Crippen LogP contribution in [0.15, 0.2) is 5.16 Å². The largest absolute Gasteiger partial charge is 0.391 e. The van der Waals surface area contributed by atoms with Gasteiger partial charge in [0.2, 0.25) is 0 Å². The first-order chi connectivity index (χ1) is 5.36. The van der Waals surface area contributed by atoms with Crippen LogP contribution in [0, 0.1) is 0 Å². The number of nitrogens with zero attached hydrogens (tertiary/aromatic N) is 1. The Balaban J connectivity index is 2.04. The van der Waals surface area contributed by atoms with Gasteiger partial charge in [0.25, 0.3) is 0 Å². The first-order valence-corrected chi connectivity index (χ1v) is 5.11. The number of rotatable bonds is 0. The summed E-state index contributed by atoms with van der Waals surface area (Å²) in [6.45, 7) is 2.02. The molecule has 0 aromatic heterocycles. The van der Waals surface area contributed by atoms with E-state index in [2.05, 4.69) is 5.16 Å². The lowest BCUT2D eigenvalue weighted by Crippen LogP contribution is -2.32. The molecular weight excluding hydrogens is 158 g/mol. The highest BCUT2D eigenvalue weighted by atomic mass is 32.2. The summed E-state index contributed by atoms with van der Waals surface area (Å²) in [6, 6.07) is 0. The van der Waals surface area contributed by atoms with Crippen LogP contribution in [0.5, 0.6) is 0 Å². The predicted molar refractivity (Wildman–Crippen MR) is 47.8 cm³/mol. The molecule has 1 heterocycles. The van der Waals surface area contributed by atoms with Crippen LogP contribution in [-0.4, -0.2) is 16.4 Å². The minimum atomic E-state index is 0.414. The SMILES string of the molecule is CC1=NOC2CCCCC2S1. The van der Waals surface area contributed by atoms with E-state index in [9.17, 15) is 0 Å². The molecule has 0 saturated heterocycles. The van der Waals surface area contributed by atoms with Gasteiger partial charge in [0.15, 0.2) is 0 Å². The van der Waals surface area contributed by atoms with Crippen molar-refractivity contribution in [1.82, 2.24) is 0 Å². The van der Waals surface area contributed by atoms with Gasteiger partial charge in [0, 0.05) is 0 Å². The summed E-state index contributed by atoms with van der Waals surface area (Å²) in [6.07, 6.45) is 5.61. The van der Waals surface area contributed by atoms with Gasteiger partial charge in [-0.2, -0.15) is 0 Å². The van der Waals surface area contributed by atoms with Crippen molar-refractivity contribution in [2.75, 3.05) is 0 Å². The Morgan fingerprint density at radius 1 is 1.45 bits per heavy atom. The molecular formula is C8H13NOS. The van der Waals surface area contributed by atoms with E-state index >= 15 is 0 Å². The molecule has 0 amide bonds. The van der Waals surface area contributed by atoms with E-state index in [4.69, 9.17) is 4.84 Å². The van der Waals surface area contributed by atoms with Crippen LogP contribution in [0.1, 0.15) is 32.6 Å². The summed E-state index contributed by atoms with van der Waals surface area (Å²) >= 11 is 1.90. The van der Waals surface area contributed by atoms with Crippen molar-refractivity contribution in [3.8, 4) is 0 Å². The maximum Gasteiger partial charge on any atom is 0.139 e.